The number of fused-ring (bicyclic) bond motifs is 1. The zero-order chi connectivity index (χ0) is 26.0. The molecule has 0 spiro atoms. The first-order valence-corrected chi connectivity index (χ1v) is 12.4. The molecule has 4 rings (SSSR count). The van der Waals surface area contributed by atoms with Crippen LogP contribution in [0.5, 0.6) is 11.5 Å². The molecule has 188 valence electrons. The Bertz CT molecular complexity index is 1360. The molecule has 36 heavy (non-hydrogen) atoms. The van der Waals surface area contributed by atoms with Crippen LogP contribution in [0.4, 0.5) is 0 Å². The van der Waals surface area contributed by atoms with Gasteiger partial charge < -0.3 is 14.4 Å². The Hall–Kier alpha value is -3.80. The molecule has 0 N–H and O–H groups in total. The van der Waals surface area contributed by atoms with Crippen LogP contribution in [0.2, 0.25) is 0 Å². The molecule has 6 nitrogen and oxygen atoms in total. The molecule has 0 radical (unpaired) electrons. The van der Waals surface area contributed by atoms with Crippen LogP contribution >= 0.6 is 0 Å². The predicted octanol–water partition coefficient (Wildman–Crippen LogP) is 6.41. The van der Waals surface area contributed by atoms with Gasteiger partial charge in [0.1, 0.15) is 17.3 Å². The Morgan fingerprint density at radius 3 is 2.19 bits per heavy atom. The number of methoxy groups -OCH3 is 1. The number of rotatable bonds is 8. The van der Waals surface area contributed by atoms with E-state index in [9.17, 15) is 4.79 Å². The van der Waals surface area contributed by atoms with Crippen molar-refractivity contribution in [3.8, 4) is 17.2 Å². The molecule has 1 amide bonds. The van der Waals surface area contributed by atoms with E-state index in [0.29, 0.717) is 13.2 Å². The van der Waals surface area contributed by atoms with Crippen LogP contribution in [0.3, 0.4) is 0 Å². The van der Waals surface area contributed by atoms with E-state index in [1.54, 1.807) is 7.11 Å². The zero-order valence-corrected chi connectivity index (χ0v) is 22.3. The smallest absolute Gasteiger partial charge is 0.255 e. The Kier molecular flexibility index (Phi) is 7.34. The first kappa shape index (κ1) is 25.3. The molecule has 0 unspecified atom stereocenters. The van der Waals surface area contributed by atoms with E-state index in [1.807, 2.05) is 82.0 Å². The molecule has 0 aliphatic rings. The van der Waals surface area contributed by atoms with Crippen molar-refractivity contribution >= 4 is 16.9 Å². The van der Waals surface area contributed by atoms with Gasteiger partial charge in [-0.2, -0.15) is 0 Å². The second-order valence-corrected chi connectivity index (χ2v) is 9.45. The van der Waals surface area contributed by atoms with Crippen LogP contribution in [0.15, 0.2) is 54.6 Å². The summed E-state index contributed by atoms with van der Waals surface area (Å²) in [6.07, 6.45) is 0. The van der Waals surface area contributed by atoms with Crippen molar-refractivity contribution in [1.29, 1.82) is 0 Å². The van der Waals surface area contributed by atoms with Gasteiger partial charge in [-0.3, -0.25) is 9.36 Å². The molecule has 1 aromatic heterocycles. The van der Waals surface area contributed by atoms with Gasteiger partial charge >= 0.3 is 0 Å². The van der Waals surface area contributed by atoms with Gasteiger partial charge in [0.15, 0.2) is 0 Å². The quantitative estimate of drug-likeness (QED) is 0.289. The molecule has 0 atom stereocenters. The highest BCUT2D eigenvalue weighted by atomic mass is 16.5. The van der Waals surface area contributed by atoms with E-state index in [4.69, 9.17) is 14.5 Å². The molecular formula is C30H35N3O3. The Morgan fingerprint density at radius 2 is 1.61 bits per heavy atom. The van der Waals surface area contributed by atoms with Crippen LogP contribution < -0.4 is 9.47 Å². The fourth-order valence-electron chi connectivity index (χ4n) is 4.79. The SMILES string of the molecule is CCOc1ccc2nc(CN(C(=O)c3c(C)cc(C)cc3C)C(C)C)n(-c3ccc(OC)cc3)c2c1. The summed E-state index contributed by atoms with van der Waals surface area (Å²) < 4.78 is 13.2. The summed E-state index contributed by atoms with van der Waals surface area (Å²) in [5.41, 5.74) is 6.63. The Balaban J connectivity index is 1.84. The van der Waals surface area contributed by atoms with Crippen molar-refractivity contribution in [3.63, 3.8) is 0 Å². The number of imidazole rings is 1. The number of ether oxygens (including phenoxy) is 2. The molecule has 0 saturated carbocycles. The lowest BCUT2D eigenvalue weighted by Gasteiger charge is -2.28. The third-order valence-corrected chi connectivity index (χ3v) is 6.42. The maximum absolute atomic E-state index is 13.9. The fraction of sp³-hybridized carbons (Fsp3) is 0.333. The van der Waals surface area contributed by atoms with Crippen LogP contribution in [-0.2, 0) is 6.54 Å². The van der Waals surface area contributed by atoms with Gasteiger partial charge in [-0.1, -0.05) is 17.7 Å². The van der Waals surface area contributed by atoms with Gasteiger partial charge in [-0.25, -0.2) is 4.98 Å². The molecule has 0 aliphatic carbocycles. The topological polar surface area (TPSA) is 56.6 Å². The second-order valence-electron chi connectivity index (χ2n) is 9.45. The summed E-state index contributed by atoms with van der Waals surface area (Å²) >= 11 is 0. The summed E-state index contributed by atoms with van der Waals surface area (Å²) in [6.45, 7) is 13.1. The van der Waals surface area contributed by atoms with Crippen molar-refractivity contribution in [1.82, 2.24) is 14.5 Å². The van der Waals surface area contributed by atoms with Crippen molar-refractivity contribution in [2.24, 2.45) is 0 Å². The average molecular weight is 486 g/mol. The molecule has 1 heterocycles. The number of hydrogen-bond donors (Lipinski definition) is 0. The minimum absolute atomic E-state index is 0.0132. The molecule has 6 heteroatoms. The standard InChI is InChI=1S/C30H35N3O3/c1-8-36-25-13-14-26-27(17-25)33(23-9-11-24(35-7)12-10-23)28(31-26)18-32(19(2)3)30(34)29-21(5)15-20(4)16-22(29)6/h9-17,19H,8,18H2,1-7H3. The van der Waals surface area contributed by atoms with E-state index in [0.717, 1.165) is 56.3 Å². The summed E-state index contributed by atoms with van der Waals surface area (Å²) in [7, 11) is 1.66. The number of amides is 1. The number of aromatic nitrogens is 2. The molecule has 0 bridgehead atoms. The van der Waals surface area contributed by atoms with E-state index in [1.165, 1.54) is 0 Å². The lowest BCUT2D eigenvalue weighted by Crippen LogP contribution is -2.38. The predicted molar refractivity (Wildman–Crippen MR) is 144 cm³/mol. The largest absolute Gasteiger partial charge is 0.497 e. The first-order valence-electron chi connectivity index (χ1n) is 12.4. The van der Waals surface area contributed by atoms with Crippen molar-refractivity contribution < 1.29 is 14.3 Å². The maximum Gasteiger partial charge on any atom is 0.255 e. The molecule has 4 aromatic rings. The van der Waals surface area contributed by atoms with Gasteiger partial charge in [0.05, 0.1) is 31.3 Å². The number of nitrogens with zero attached hydrogens (tertiary/aromatic N) is 3. The minimum atomic E-state index is -0.0132. The summed E-state index contributed by atoms with van der Waals surface area (Å²) in [4.78, 5) is 20.8. The third-order valence-electron chi connectivity index (χ3n) is 6.42. The van der Waals surface area contributed by atoms with E-state index < -0.39 is 0 Å². The fourth-order valence-corrected chi connectivity index (χ4v) is 4.79. The average Bonchev–Trinajstić information content (AvgIpc) is 3.19. The van der Waals surface area contributed by atoms with Crippen molar-refractivity contribution in [2.75, 3.05) is 13.7 Å². The zero-order valence-electron chi connectivity index (χ0n) is 22.3. The maximum atomic E-state index is 13.9. The van der Waals surface area contributed by atoms with Crippen molar-refractivity contribution in [2.45, 2.75) is 54.1 Å². The van der Waals surface area contributed by atoms with Crippen LogP contribution in [0.25, 0.3) is 16.7 Å². The first-order chi connectivity index (χ1) is 17.2. The van der Waals surface area contributed by atoms with Crippen LogP contribution in [0.1, 0.15) is 53.6 Å². The van der Waals surface area contributed by atoms with E-state index in [-0.39, 0.29) is 11.9 Å². The molecule has 0 saturated heterocycles. The summed E-state index contributed by atoms with van der Waals surface area (Å²) in [5.74, 6) is 2.37. The number of benzene rings is 3. The highest BCUT2D eigenvalue weighted by molar-refractivity contribution is 5.97. The third kappa shape index (κ3) is 4.94. The molecule has 0 fully saturated rings. The molecule has 3 aromatic carbocycles. The van der Waals surface area contributed by atoms with Crippen molar-refractivity contribution in [3.05, 3.63) is 82.7 Å². The normalized spacial score (nSPS) is 11.2. The monoisotopic (exact) mass is 485 g/mol. The number of hydrogen-bond acceptors (Lipinski definition) is 4. The van der Waals surface area contributed by atoms with Gasteiger partial charge in [0.2, 0.25) is 0 Å². The second kappa shape index (κ2) is 10.4. The van der Waals surface area contributed by atoms with E-state index in [2.05, 4.69) is 23.6 Å². The Labute approximate surface area is 213 Å². The number of carbonyl (C=O) groups excluding carboxylic acids is 1. The summed E-state index contributed by atoms with van der Waals surface area (Å²) in [5, 5.41) is 0. The lowest BCUT2D eigenvalue weighted by molar-refractivity contribution is 0.0683. The van der Waals surface area contributed by atoms with Gasteiger partial charge in [0, 0.05) is 23.4 Å². The van der Waals surface area contributed by atoms with Gasteiger partial charge in [0.25, 0.3) is 5.91 Å². The van der Waals surface area contributed by atoms with E-state index >= 15 is 0 Å². The molecular weight excluding hydrogens is 450 g/mol. The van der Waals surface area contributed by atoms with Gasteiger partial charge in [-0.15, -0.1) is 0 Å². The van der Waals surface area contributed by atoms with Crippen LogP contribution in [0, 0.1) is 20.8 Å². The molecule has 0 aliphatic heterocycles. The highest BCUT2D eigenvalue weighted by Crippen LogP contribution is 2.29. The number of carbonyl (C=O) groups is 1. The minimum Gasteiger partial charge on any atom is -0.497 e. The Morgan fingerprint density at radius 1 is 0.972 bits per heavy atom. The van der Waals surface area contributed by atoms with Gasteiger partial charge in [-0.05, 0) is 89.1 Å². The summed E-state index contributed by atoms with van der Waals surface area (Å²) in [6, 6.07) is 17.9. The highest BCUT2D eigenvalue weighted by Gasteiger charge is 2.25. The van der Waals surface area contributed by atoms with Crippen LogP contribution in [-0.4, -0.2) is 40.1 Å². The number of aryl methyl sites for hydroxylation is 3. The lowest BCUT2D eigenvalue weighted by atomic mass is 9.98.